The maximum atomic E-state index is 5.55. The van der Waals surface area contributed by atoms with Gasteiger partial charge in [-0.1, -0.05) is 12.2 Å². The van der Waals surface area contributed by atoms with Crippen molar-refractivity contribution in [1.29, 1.82) is 0 Å². The lowest BCUT2D eigenvalue weighted by Gasteiger charge is -2.36. The van der Waals surface area contributed by atoms with Crippen molar-refractivity contribution < 1.29 is 0 Å². The summed E-state index contributed by atoms with van der Waals surface area (Å²) in [4.78, 5) is 2.81. The minimum Gasteiger partial charge on any atom is -0.389 e. The molecule has 0 aromatic heterocycles. The molecule has 0 bridgehead atoms. The summed E-state index contributed by atoms with van der Waals surface area (Å²) in [6, 6.07) is 8.89. The van der Waals surface area contributed by atoms with Crippen LogP contribution in [-0.4, -0.2) is 18.1 Å². The Morgan fingerprint density at radius 2 is 1.93 bits per heavy atom. The van der Waals surface area contributed by atoms with E-state index in [9.17, 15) is 0 Å². The normalized spacial score (nSPS) is 15.8. The fraction of sp³-hybridized carbons (Fsp3) is 0.417. The van der Waals surface area contributed by atoms with Crippen LogP contribution in [-0.2, 0) is 0 Å². The van der Waals surface area contributed by atoms with Crippen molar-refractivity contribution in [2.75, 3.05) is 11.9 Å². The molecule has 1 aromatic carbocycles. The maximum absolute atomic E-state index is 5.55. The first-order valence-electron chi connectivity index (χ1n) is 5.31. The van der Waals surface area contributed by atoms with Gasteiger partial charge in [-0.2, -0.15) is 0 Å². The van der Waals surface area contributed by atoms with Crippen LogP contribution in [0.2, 0.25) is 0 Å². The molecule has 2 rings (SSSR count). The molecule has 2 nitrogen and oxygen atoms in total. The summed E-state index contributed by atoms with van der Waals surface area (Å²) in [5.74, 6) is 0. The zero-order chi connectivity index (χ0) is 10.8. The van der Waals surface area contributed by atoms with Gasteiger partial charge in [0.05, 0.1) is 0 Å². The lowest BCUT2D eigenvalue weighted by Crippen LogP contribution is -2.37. The van der Waals surface area contributed by atoms with Crippen molar-refractivity contribution >= 4 is 22.9 Å². The molecule has 1 aliphatic rings. The standard InChI is InChI=1S/C12H16N2S/c1-14(10-3-2-4-10)11-7-5-9(6-8-11)12(13)15/h5-8,10H,2-4H2,1H3,(H2,13,15). The van der Waals surface area contributed by atoms with E-state index in [2.05, 4.69) is 24.1 Å². The van der Waals surface area contributed by atoms with Gasteiger partial charge in [0, 0.05) is 24.3 Å². The van der Waals surface area contributed by atoms with Crippen molar-refractivity contribution in [3.05, 3.63) is 29.8 Å². The molecule has 1 saturated carbocycles. The van der Waals surface area contributed by atoms with E-state index in [1.807, 2.05) is 12.1 Å². The Morgan fingerprint density at radius 1 is 1.33 bits per heavy atom. The first-order chi connectivity index (χ1) is 7.18. The highest BCUT2D eigenvalue weighted by atomic mass is 32.1. The Morgan fingerprint density at radius 3 is 2.33 bits per heavy atom. The Bertz CT molecular complexity index is 354. The molecule has 80 valence electrons. The smallest absolute Gasteiger partial charge is 0.103 e. The van der Waals surface area contributed by atoms with E-state index in [0.717, 1.165) is 11.6 Å². The van der Waals surface area contributed by atoms with Gasteiger partial charge in [0.1, 0.15) is 4.99 Å². The fourth-order valence-corrected chi connectivity index (χ4v) is 1.98. The van der Waals surface area contributed by atoms with Crippen LogP contribution in [0.3, 0.4) is 0 Å². The van der Waals surface area contributed by atoms with Crippen LogP contribution in [0.5, 0.6) is 0 Å². The summed E-state index contributed by atoms with van der Waals surface area (Å²) in [5, 5.41) is 0. The third-order valence-electron chi connectivity index (χ3n) is 3.18. The zero-order valence-electron chi connectivity index (χ0n) is 8.94. The zero-order valence-corrected chi connectivity index (χ0v) is 9.76. The number of nitrogens with two attached hydrogens (primary N) is 1. The number of nitrogens with zero attached hydrogens (tertiary/aromatic N) is 1. The molecule has 0 atom stereocenters. The topological polar surface area (TPSA) is 29.3 Å². The average molecular weight is 220 g/mol. The lowest BCUT2D eigenvalue weighted by molar-refractivity contribution is 0.401. The number of benzene rings is 1. The molecule has 15 heavy (non-hydrogen) atoms. The Labute approximate surface area is 96.1 Å². The van der Waals surface area contributed by atoms with E-state index in [4.69, 9.17) is 18.0 Å². The quantitative estimate of drug-likeness (QED) is 0.793. The van der Waals surface area contributed by atoms with Crippen molar-refractivity contribution in [1.82, 2.24) is 0 Å². The number of thiocarbonyl (C=S) groups is 1. The molecule has 1 fully saturated rings. The maximum Gasteiger partial charge on any atom is 0.103 e. The second-order valence-corrected chi connectivity index (χ2v) is 4.55. The molecule has 0 spiro atoms. The molecule has 2 N–H and O–H groups in total. The van der Waals surface area contributed by atoms with Crippen LogP contribution in [0.15, 0.2) is 24.3 Å². The Kier molecular flexibility index (Phi) is 2.91. The molecule has 3 heteroatoms. The van der Waals surface area contributed by atoms with E-state index in [1.165, 1.54) is 24.9 Å². The molecular formula is C12H16N2S. The predicted octanol–water partition coefficient (Wildman–Crippen LogP) is 2.31. The average Bonchev–Trinajstić information content (AvgIpc) is 2.15. The highest BCUT2D eigenvalue weighted by Crippen LogP contribution is 2.28. The number of hydrogen-bond acceptors (Lipinski definition) is 2. The van der Waals surface area contributed by atoms with Crippen LogP contribution in [0.1, 0.15) is 24.8 Å². The molecule has 0 radical (unpaired) electrons. The minimum absolute atomic E-state index is 0.466. The SMILES string of the molecule is CN(c1ccc(C(N)=S)cc1)C1CCC1. The van der Waals surface area contributed by atoms with Crippen molar-refractivity contribution in [3.63, 3.8) is 0 Å². The Hall–Kier alpha value is -1.09. The third-order valence-corrected chi connectivity index (χ3v) is 3.42. The summed E-state index contributed by atoms with van der Waals surface area (Å²) in [7, 11) is 2.15. The van der Waals surface area contributed by atoms with Gasteiger partial charge in [0.2, 0.25) is 0 Å². The number of anilines is 1. The monoisotopic (exact) mass is 220 g/mol. The summed E-state index contributed by atoms with van der Waals surface area (Å²) in [5.41, 5.74) is 7.75. The number of hydrogen-bond donors (Lipinski definition) is 1. The molecular weight excluding hydrogens is 204 g/mol. The van der Waals surface area contributed by atoms with E-state index < -0.39 is 0 Å². The largest absolute Gasteiger partial charge is 0.389 e. The van der Waals surface area contributed by atoms with Crippen molar-refractivity contribution in [3.8, 4) is 0 Å². The molecule has 0 unspecified atom stereocenters. The van der Waals surface area contributed by atoms with Gasteiger partial charge in [-0.25, -0.2) is 0 Å². The van der Waals surface area contributed by atoms with Gasteiger partial charge in [-0.05, 0) is 43.5 Å². The second-order valence-electron chi connectivity index (χ2n) is 4.11. The first-order valence-corrected chi connectivity index (χ1v) is 5.72. The van der Waals surface area contributed by atoms with Crippen LogP contribution < -0.4 is 10.6 Å². The lowest BCUT2D eigenvalue weighted by atomic mass is 9.91. The first kappa shape index (κ1) is 10.4. The molecule has 1 aliphatic carbocycles. The van der Waals surface area contributed by atoms with Crippen LogP contribution in [0.25, 0.3) is 0 Å². The highest BCUT2D eigenvalue weighted by molar-refractivity contribution is 7.80. The van der Waals surface area contributed by atoms with E-state index in [0.29, 0.717) is 4.99 Å². The summed E-state index contributed by atoms with van der Waals surface area (Å²) in [6.07, 6.45) is 3.99. The molecule has 0 amide bonds. The van der Waals surface area contributed by atoms with Crippen LogP contribution >= 0.6 is 12.2 Å². The van der Waals surface area contributed by atoms with Gasteiger partial charge in [0.15, 0.2) is 0 Å². The summed E-state index contributed by atoms with van der Waals surface area (Å²) >= 11 is 4.92. The van der Waals surface area contributed by atoms with Gasteiger partial charge in [-0.3, -0.25) is 0 Å². The van der Waals surface area contributed by atoms with E-state index in [-0.39, 0.29) is 0 Å². The molecule has 0 heterocycles. The van der Waals surface area contributed by atoms with Gasteiger partial charge in [-0.15, -0.1) is 0 Å². The van der Waals surface area contributed by atoms with E-state index in [1.54, 1.807) is 0 Å². The van der Waals surface area contributed by atoms with Gasteiger partial charge < -0.3 is 10.6 Å². The van der Waals surface area contributed by atoms with Crippen LogP contribution in [0, 0.1) is 0 Å². The minimum atomic E-state index is 0.466. The third kappa shape index (κ3) is 2.12. The van der Waals surface area contributed by atoms with Crippen molar-refractivity contribution in [2.24, 2.45) is 5.73 Å². The van der Waals surface area contributed by atoms with E-state index >= 15 is 0 Å². The molecule has 1 aromatic rings. The second kappa shape index (κ2) is 4.19. The van der Waals surface area contributed by atoms with Gasteiger partial charge in [0.25, 0.3) is 0 Å². The van der Waals surface area contributed by atoms with Gasteiger partial charge >= 0.3 is 0 Å². The summed E-state index contributed by atoms with van der Waals surface area (Å²) in [6.45, 7) is 0. The highest BCUT2D eigenvalue weighted by Gasteiger charge is 2.21. The summed E-state index contributed by atoms with van der Waals surface area (Å²) < 4.78 is 0. The molecule has 0 saturated heterocycles. The van der Waals surface area contributed by atoms with Crippen LogP contribution in [0.4, 0.5) is 5.69 Å². The number of rotatable bonds is 3. The Balaban J connectivity index is 2.11. The molecule has 0 aliphatic heterocycles. The fourth-order valence-electron chi connectivity index (χ4n) is 1.85. The predicted molar refractivity (Wildman–Crippen MR) is 68.4 cm³/mol. The van der Waals surface area contributed by atoms with Crippen molar-refractivity contribution in [2.45, 2.75) is 25.3 Å².